The lowest BCUT2D eigenvalue weighted by molar-refractivity contribution is -0.0256. The smallest absolute Gasteiger partial charge is 0.218 e. The Hall–Kier alpha value is -3.20. The summed E-state index contributed by atoms with van der Waals surface area (Å²) in [6.07, 6.45) is 3.75. The van der Waals surface area contributed by atoms with Gasteiger partial charge in [-0.3, -0.25) is 9.80 Å². The number of methoxy groups -OCH3 is 2. The molecule has 2 aliphatic heterocycles. The highest BCUT2D eigenvalue weighted by molar-refractivity contribution is 6.39. The minimum Gasteiger partial charge on any atom is -0.481 e. The highest BCUT2D eigenvalue weighted by Gasteiger charge is 2.39. The van der Waals surface area contributed by atoms with Crippen LogP contribution < -0.4 is 9.47 Å². The van der Waals surface area contributed by atoms with Crippen LogP contribution in [0.3, 0.4) is 0 Å². The predicted molar refractivity (Wildman–Crippen MR) is 182 cm³/mol. The number of halogens is 2. The van der Waals surface area contributed by atoms with Gasteiger partial charge in [0.2, 0.25) is 11.8 Å². The Balaban J connectivity index is 1.15. The zero-order chi connectivity index (χ0) is 31.7. The zero-order valence-electron chi connectivity index (χ0n) is 26.4. The molecule has 2 fully saturated rings. The normalized spacial score (nSPS) is 21.5. The minimum absolute atomic E-state index is 0.218. The van der Waals surface area contributed by atoms with E-state index in [2.05, 4.69) is 28.9 Å². The van der Waals surface area contributed by atoms with Crippen molar-refractivity contribution in [3.8, 4) is 45.4 Å². The number of β-amino-alcohol motifs (C(OH)–C–C–N with tert-alkyl or cyclic N) is 1. The van der Waals surface area contributed by atoms with Crippen LogP contribution in [0.25, 0.3) is 33.6 Å². The average molecular weight is 658 g/mol. The fourth-order valence-corrected chi connectivity index (χ4v) is 8.75. The average Bonchev–Trinajstić information content (AvgIpc) is 3.65. The summed E-state index contributed by atoms with van der Waals surface area (Å²) in [6.45, 7) is 5.93. The first-order valence-electron chi connectivity index (χ1n) is 16.2. The molecule has 4 heterocycles. The summed E-state index contributed by atoms with van der Waals surface area (Å²) in [7, 11) is 3.38. The largest absolute Gasteiger partial charge is 0.481 e. The lowest BCUT2D eigenvalue weighted by Crippen LogP contribution is -2.51. The standard InChI is InChI=1S/C37H38Cl2N4O3/c1-20-16-42(17-20)30-12-10-21-14-28(40-36(45-2)32(21)30)26-8-4-6-24(34(26)38)25-7-5-9-27(35(25)39)29-15-22-11-13-31(43-18-23(44)19-43)33(22)37(41-29)46-3/h4-9,14-15,20,23,30-31,44H,10-13,16-19H2,1-3H3/t30-,31-/m1/s1. The number of ether oxygens (including phenoxy) is 2. The molecule has 8 rings (SSSR count). The monoisotopic (exact) mass is 656 g/mol. The van der Waals surface area contributed by atoms with Crippen LogP contribution in [0.2, 0.25) is 10.0 Å². The molecule has 46 heavy (non-hydrogen) atoms. The van der Waals surface area contributed by atoms with Gasteiger partial charge in [-0.05, 0) is 54.9 Å². The quantitative estimate of drug-likeness (QED) is 0.222. The Kier molecular flexibility index (Phi) is 7.73. The van der Waals surface area contributed by atoms with Crippen LogP contribution in [0.15, 0.2) is 48.5 Å². The maximum atomic E-state index is 9.88. The van der Waals surface area contributed by atoms with E-state index in [4.69, 9.17) is 42.6 Å². The molecule has 238 valence electrons. The number of aryl methyl sites for hydroxylation is 2. The SMILES string of the molecule is COc1nc(-c2cccc(-c3cccc(-c4cc5c(c(OC)n4)[C@H](N4CC(O)C4)CC5)c3Cl)c2Cl)cc2c1[C@H](N1CC(C)C1)CC2. The Morgan fingerprint density at radius 1 is 0.696 bits per heavy atom. The van der Waals surface area contributed by atoms with Crippen molar-refractivity contribution >= 4 is 23.2 Å². The fourth-order valence-electron chi connectivity index (χ4n) is 8.10. The number of nitrogens with zero attached hydrogens (tertiary/aromatic N) is 4. The lowest BCUT2D eigenvalue weighted by atomic mass is 9.96. The van der Waals surface area contributed by atoms with Crippen LogP contribution in [-0.2, 0) is 12.8 Å². The second-order valence-electron chi connectivity index (χ2n) is 13.3. The van der Waals surface area contributed by atoms with Gasteiger partial charge < -0.3 is 14.6 Å². The Labute approximate surface area is 280 Å². The summed E-state index contributed by atoms with van der Waals surface area (Å²) in [6, 6.07) is 17.0. The Morgan fingerprint density at radius 2 is 1.13 bits per heavy atom. The molecule has 0 spiro atoms. The molecule has 0 saturated carbocycles. The molecule has 2 atom stereocenters. The van der Waals surface area contributed by atoms with Crippen molar-refractivity contribution in [3.05, 3.63) is 80.8 Å². The molecule has 2 aromatic heterocycles. The van der Waals surface area contributed by atoms with Crippen LogP contribution in [0, 0.1) is 5.92 Å². The van der Waals surface area contributed by atoms with E-state index in [0.29, 0.717) is 40.9 Å². The molecular formula is C37H38Cl2N4O3. The van der Waals surface area contributed by atoms with Crippen LogP contribution in [-0.4, -0.2) is 71.4 Å². The number of pyridine rings is 2. The summed E-state index contributed by atoms with van der Waals surface area (Å²) in [4.78, 5) is 14.8. The molecule has 7 nitrogen and oxygen atoms in total. The van der Waals surface area contributed by atoms with Gasteiger partial charge in [0.05, 0.1) is 41.8 Å². The van der Waals surface area contributed by atoms with E-state index in [1.807, 2.05) is 36.4 Å². The van der Waals surface area contributed by atoms with Crippen LogP contribution >= 0.6 is 23.2 Å². The van der Waals surface area contributed by atoms with Gasteiger partial charge in [0.15, 0.2) is 0 Å². The zero-order valence-corrected chi connectivity index (χ0v) is 27.9. The third-order valence-corrected chi connectivity index (χ3v) is 11.2. The third kappa shape index (κ3) is 4.90. The number of benzene rings is 2. The van der Waals surface area contributed by atoms with Crippen molar-refractivity contribution < 1.29 is 14.6 Å². The van der Waals surface area contributed by atoms with Gasteiger partial charge in [0.25, 0.3) is 0 Å². The molecule has 0 amide bonds. The molecule has 2 aromatic carbocycles. The third-order valence-electron chi connectivity index (χ3n) is 10.3. The highest BCUT2D eigenvalue weighted by Crippen LogP contribution is 2.48. The van der Waals surface area contributed by atoms with E-state index in [0.717, 1.165) is 83.9 Å². The highest BCUT2D eigenvalue weighted by atomic mass is 35.5. The maximum absolute atomic E-state index is 9.88. The summed E-state index contributed by atoms with van der Waals surface area (Å²) in [5, 5.41) is 11.1. The van der Waals surface area contributed by atoms with E-state index < -0.39 is 0 Å². The molecule has 4 aliphatic rings. The van der Waals surface area contributed by atoms with Gasteiger partial charge >= 0.3 is 0 Å². The Bertz CT molecular complexity index is 1700. The van der Waals surface area contributed by atoms with Crippen molar-refractivity contribution in [1.82, 2.24) is 19.8 Å². The second kappa shape index (κ2) is 11.8. The topological polar surface area (TPSA) is 71.0 Å². The maximum Gasteiger partial charge on any atom is 0.218 e. The van der Waals surface area contributed by atoms with Crippen molar-refractivity contribution in [3.63, 3.8) is 0 Å². The van der Waals surface area contributed by atoms with E-state index in [1.54, 1.807) is 14.2 Å². The van der Waals surface area contributed by atoms with E-state index in [9.17, 15) is 5.11 Å². The molecular weight excluding hydrogens is 619 g/mol. The summed E-state index contributed by atoms with van der Waals surface area (Å²) < 4.78 is 11.7. The number of rotatable bonds is 7. The molecule has 0 bridgehead atoms. The minimum atomic E-state index is -0.249. The molecule has 0 unspecified atom stereocenters. The number of aromatic nitrogens is 2. The van der Waals surface area contributed by atoms with Crippen LogP contribution in [0.1, 0.15) is 54.1 Å². The molecule has 9 heteroatoms. The summed E-state index contributed by atoms with van der Waals surface area (Å²) >= 11 is 14.4. The first kappa shape index (κ1) is 30.2. The number of fused-ring (bicyclic) bond motifs is 2. The molecule has 0 radical (unpaired) electrons. The number of aliphatic hydroxyl groups is 1. The molecule has 1 N–H and O–H groups in total. The first-order valence-corrected chi connectivity index (χ1v) is 17.0. The molecule has 2 aliphatic carbocycles. The van der Waals surface area contributed by atoms with Crippen LogP contribution in [0.5, 0.6) is 11.8 Å². The molecule has 2 saturated heterocycles. The lowest BCUT2D eigenvalue weighted by Gasteiger charge is -2.42. The van der Waals surface area contributed by atoms with Crippen molar-refractivity contribution in [2.45, 2.75) is 50.8 Å². The predicted octanol–water partition coefficient (Wildman–Crippen LogP) is 7.40. The van der Waals surface area contributed by atoms with Gasteiger partial charge in [-0.25, -0.2) is 9.97 Å². The molecule has 4 aromatic rings. The summed E-state index contributed by atoms with van der Waals surface area (Å²) in [5.41, 5.74) is 9.79. The van der Waals surface area contributed by atoms with Gasteiger partial charge in [-0.15, -0.1) is 0 Å². The van der Waals surface area contributed by atoms with Gasteiger partial charge in [0, 0.05) is 71.6 Å². The van der Waals surface area contributed by atoms with Gasteiger partial charge in [0.1, 0.15) is 0 Å². The number of hydrogen-bond acceptors (Lipinski definition) is 7. The first-order chi connectivity index (χ1) is 22.3. The van der Waals surface area contributed by atoms with E-state index >= 15 is 0 Å². The van der Waals surface area contributed by atoms with Crippen LogP contribution in [0.4, 0.5) is 0 Å². The van der Waals surface area contributed by atoms with E-state index in [-0.39, 0.29) is 12.1 Å². The van der Waals surface area contributed by atoms with Crippen molar-refractivity contribution in [2.24, 2.45) is 5.92 Å². The van der Waals surface area contributed by atoms with Crippen molar-refractivity contribution in [2.75, 3.05) is 40.4 Å². The fraction of sp³-hybridized carbons (Fsp3) is 0.405. The van der Waals surface area contributed by atoms with Gasteiger partial charge in [-0.1, -0.05) is 66.5 Å². The van der Waals surface area contributed by atoms with Crippen molar-refractivity contribution in [1.29, 1.82) is 0 Å². The second-order valence-corrected chi connectivity index (χ2v) is 14.0. The number of likely N-dealkylation sites (tertiary alicyclic amines) is 2. The number of aliphatic hydroxyl groups excluding tert-OH is 1. The van der Waals surface area contributed by atoms with Gasteiger partial charge in [-0.2, -0.15) is 0 Å². The Morgan fingerprint density at radius 3 is 1.54 bits per heavy atom. The van der Waals surface area contributed by atoms with E-state index in [1.165, 1.54) is 16.7 Å². The number of hydrogen-bond donors (Lipinski definition) is 1. The summed E-state index contributed by atoms with van der Waals surface area (Å²) in [5.74, 6) is 2.06.